The minimum Gasteiger partial charge on any atom is -0.756 e. The van der Waals surface area contributed by atoms with Crippen LogP contribution in [0.4, 0.5) is 0 Å². The highest BCUT2D eigenvalue weighted by Crippen LogP contribution is 2.34. The fraction of sp³-hybridized carbons (Fsp3) is 0.611. The second kappa shape index (κ2) is 12.2. The van der Waals surface area contributed by atoms with Gasteiger partial charge in [-0.3, -0.25) is 23.7 Å². The molecule has 2 unspecified atom stereocenters. The third-order valence-corrected chi connectivity index (χ3v) is 5.23. The van der Waals surface area contributed by atoms with Crippen molar-refractivity contribution in [1.29, 1.82) is 0 Å². The predicted octanol–water partition coefficient (Wildman–Crippen LogP) is -1.69. The topological polar surface area (TPSA) is 209 Å². The van der Waals surface area contributed by atoms with Crippen LogP contribution in [0.15, 0.2) is 21.9 Å². The van der Waals surface area contributed by atoms with E-state index in [1.54, 1.807) is 0 Å². The van der Waals surface area contributed by atoms with E-state index in [1.807, 2.05) is 0 Å². The molecule has 0 saturated carbocycles. The highest BCUT2D eigenvalue weighted by molar-refractivity contribution is 7.44. The van der Waals surface area contributed by atoms with E-state index in [-0.39, 0.29) is 12.0 Å². The van der Waals surface area contributed by atoms with Crippen molar-refractivity contribution in [3.05, 3.63) is 38.7 Å². The van der Waals surface area contributed by atoms with E-state index >= 15 is 0 Å². The molecule has 0 aliphatic carbocycles. The van der Waals surface area contributed by atoms with Gasteiger partial charge in [0, 0.05) is 25.2 Å². The number of carbonyl (C=O) groups is 1. The van der Waals surface area contributed by atoms with E-state index in [1.165, 1.54) is 12.3 Å². The highest BCUT2D eigenvalue weighted by Gasteiger charge is 2.36. The van der Waals surface area contributed by atoms with Gasteiger partial charge in [0.05, 0.1) is 18.3 Å². The van der Waals surface area contributed by atoms with Gasteiger partial charge in [-0.1, -0.05) is 12.8 Å². The maximum atomic E-state index is 12.2. The van der Waals surface area contributed by atoms with Crippen LogP contribution in [0.1, 0.15) is 43.9 Å². The van der Waals surface area contributed by atoms with Gasteiger partial charge in [0.2, 0.25) is 5.91 Å². The number of nitrogens with one attached hydrogen (secondary N) is 2. The lowest BCUT2D eigenvalue weighted by atomic mass is 10.2. The number of aliphatic hydroxyl groups excluding tert-OH is 1. The number of nitrogens with two attached hydrogens (primary N) is 1. The van der Waals surface area contributed by atoms with Gasteiger partial charge in [0.15, 0.2) is 0 Å². The minimum absolute atomic E-state index is 0.0000898. The number of carbonyl (C=O) groups excluding carboxylic acids is 1. The Morgan fingerprint density at radius 1 is 1.41 bits per heavy atom. The number of aromatic nitrogens is 2. The van der Waals surface area contributed by atoms with Crippen LogP contribution in [0.3, 0.4) is 0 Å². The van der Waals surface area contributed by atoms with E-state index in [0.717, 1.165) is 36.3 Å². The summed E-state index contributed by atoms with van der Waals surface area (Å²) in [7, 11) is -5.00. The fourth-order valence-electron chi connectivity index (χ4n) is 3.10. The molecule has 1 aliphatic heterocycles. The molecule has 1 aliphatic rings. The fourth-order valence-corrected chi connectivity index (χ4v) is 3.43. The third-order valence-electron chi connectivity index (χ3n) is 4.76. The van der Waals surface area contributed by atoms with Crippen molar-refractivity contribution in [3.63, 3.8) is 0 Å². The van der Waals surface area contributed by atoms with Crippen LogP contribution in [0.25, 0.3) is 6.08 Å². The van der Waals surface area contributed by atoms with Crippen molar-refractivity contribution in [3.8, 4) is 0 Å². The quantitative estimate of drug-likeness (QED) is 0.132. The first kappa shape index (κ1) is 26.1. The van der Waals surface area contributed by atoms with Crippen LogP contribution in [0.5, 0.6) is 0 Å². The van der Waals surface area contributed by atoms with Gasteiger partial charge < -0.3 is 35.2 Å². The van der Waals surface area contributed by atoms with Crippen LogP contribution >= 0.6 is 7.82 Å². The zero-order chi connectivity index (χ0) is 23.7. The van der Waals surface area contributed by atoms with Crippen molar-refractivity contribution < 1.29 is 33.5 Å². The molecule has 4 atom stereocenters. The van der Waals surface area contributed by atoms with Gasteiger partial charge in [0.1, 0.15) is 12.3 Å². The predicted molar refractivity (Wildman–Crippen MR) is 111 cm³/mol. The smallest absolute Gasteiger partial charge is 0.330 e. The molecule has 1 saturated heterocycles. The summed E-state index contributed by atoms with van der Waals surface area (Å²) >= 11 is 0. The van der Waals surface area contributed by atoms with Crippen molar-refractivity contribution >= 4 is 19.8 Å². The molecule has 0 aromatic carbocycles. The highest BCUT2D eigenvalue weighted by atomic mass is 31.2. The largest absolute Gasteiger partial charge is 0.756 e. The van der Waals surface area contributed by atoms with E-state index in [4.69, 9.17) is 15.4 Å². The molecule has 1 fully saturated rings. The van der Waals surface area contributed by atoms with E-state index in [0.29, 0.717) is 13.1 Å². The zero-order valence-corrected chi connectivity index (χ0v) is 18.2. The minimum atomic E-state index is -5.00. The van der Waals surface area contributed by atoms with Gasteiger partial charge in [-0.05, 0) is 25.5 Å². The Morgan fingerprint density at radius 3 is 2.81 bits per heavy atom. The first-order valence-electron chi connectivity index (χ1n) is 10.1. The average molecular weight is 475 g/mol. The summed E-state index contributed by atoms with van der Waals surface area (Å²) in [5.41, 5.74) is 3.88. The molecule has 14 heteroatoms. The van der Waals surface area contributed by atoms with Crippen LogP contribution in [0, 0.1) is 0 Å². The SMILES string of the molecule is NCCCCCCNC(=O)/C=C/c1cn([C@H]2CC(O)[C@@H](COP(=O)([O-])O)O2)c(=O)[nH]c1=O. The summed E-state index contributed by atoms with van der Waals surface area (Å²) in [6.45, 7) is 0.465. The number of aromatic amines is 1. The maximum absolute atomic E-state index is 12.2. The number of ether oxygens (including phenoxy) is 1. The standard InChI is InChI=1S/C18H29N4O9P/c19-7-3-1-2-4-8-20-15(24)6-5-12-10-22(18(26)21-17(12)25)16-9-13(23)14(31-16)11-30-32(27,28)29/h5-6,10,13-14,16,23H,1-4,7-9,11,19H2,(H,20,24)(H,21,25,26)(H2,27,28,29)/p-1/b6-5+/t13?,14-,16-/m1/s1. The molecular formula is C18H28N4O9P-. The normalized spacial score (nSPS) is 22.8. The summed E-state index contributed by atoms with van der Waals surface area (Å²) in [6, 6.07) is 0. The lowest BCUT2D eigenvalue weighted by Crippen LogP contribution is -2.33. The molecule has 0 bridgehead atoms. The van der Waals surface area contributed by atoms with E-state index in [2.05, 4.69) is 14.8 Å². The van der Waals surface area contributed by atoms with Crippen molar-refractivity contribution in [2.45, 2.75) is 50.5 Å². The zero-order valence-electron chi connectivity index (χ0n) is 17.3. The summed E-state index contributed by atoms with van der Waals surface area (Å²) in [5, 5.41) is 12.7. The lowest BCUT2D eigenvalue weighted by molar-refractivity contribution is -0.222. The number of H-pyrrole nitrogens is 1. The van der Waals surface area contributed by atoms with Crippen molar-refractivity contribution in [2.24, 2.45) is 5.73 Å². The molecule has 6 N–H and O–H groups in total. The molecule has 1 aromatic rings. The molecule has 180 valence electrons. The Bertz CT molecular complexity index is 955. The molecule has 1 aromatic heterocycles. The van der Waals surface area contributed by atoms with E-state index < -0.39 is 50.0 Å². The molecule has 0 spiro atoms. The number of rotatable bonds is 12. The van der Waals surface area contributed by atoms with Gasteiger partial charge in [0.25, 0.3) is 13.4 Å². The molecule has 13 nitrogen and oxygen atoms in total. The Balaban J connectivity index is 2.00. The Morgan fingerprint density at radius 2 is 2.12 bits per heavy atom. The summed E-state index contributed by atoms with van der Waals surface area (Å²) < 4.78 is 21.4. The number of hydrogen-bond acceptors (Lipinski definition) is 9. The Kier molecular flexibility index (Phi) is 9.97. The van der Waals surface area contributed by atoms with Crippen molar-refractivity contribution in [2.75, 3.05) is 19.7 Å². The number of phosphoric acid groups is 1. The van der Waals surface area contributed by atoms with Crippen molar-refractivity contribution in [1.82, 2.24) is 14.9 Å². The first-order chi connectivity index (χ1) is 15.1. The maximum Gasteiger partial charge on any atom is 0.330 e. The molecule has 1 amide bonds. The number of phosphoric ester groups is 1. The number of unbranched alkanes of at least 4 members (excludes halogenated alkanes) is 3. The summed E-state index contributed by atoms with van der Waals surface area (Å²) in [4.78, 5) is 57.6. The molecule has 0 radical (unpaired) electrons. The number of aliphatic hydroxyl groups is 1. The monoisotopic (exact) mass is 475 g/mol. The Hall–Kier alpha value is -2.12. The third kappa shape index (κ3) is 8.43. The Labute approximate surface area is 183 Å². The van der Waals surface area contributed by atoms with Crippen LogP contribution in [-0.2, 0) is 18.6 Å². The molecule has 32 heavy (non-hydrogen) atoms. The molecule has 2 rings (SSSR count). The second-order valence-electron chi connectivity index (χ2n) is 7.27. The summed E-state index contributed by atoms with van der Waals surface area (Å²) in [6.07, 6.45) is 3.81. The lowest BCUT2D eigenvalue weighted by Gasteiger charge is -2.20. The number of nitrogens with zero attached hydrogens (tertiary/aromatic N) is 1. The molecular weight excluding hydrogens is 447 g/mol. The first-order valence-corrected chi connectivity index (χ1v) is 11.6. The molecule has 2 heterocycles. The van der Waals surface area contributed by atoms with Gasteiger partial charge in [-0.25, -0.2) is 4.79 Å². The summed E-state index contributed by atoms with van der Waals surface area (Å²) in [5.74, 6) is -0.406. The van der Waals surface area contributed by atoms with Crippen LogP contribution in [-0.4, -0.2) is 57.4 Å². The van der Waals surface area contributed by atoms with Gasteiger partial charge >= 0.3 is 5.69 Å². The average Bonchev–Trinajstić information content (AvgIpc) is 3.08. The van der Waals surface area contributed by atoms with Gasteiger partial charge in [-0.2, -0.15) is 0 Å². The number of amides is 1. The second-order valence-corrected chi connectivity index (χ2v) is 8.47. The van der Waals surface area contributed by atoms with Gasteiger partial charge in [-0.15, -0.1) is 0 Å². The number of hydrogen-bond donors (Lipinski definition) is 5. The van der Waals surface area contributed by atoms with Crippen LogP contribution < -0.4 is 27.2 Å². The van der Waals surface area contributed by atoms with E-state index in [9.17, 15) is 28.9 Å². The van der Waals surface area contributed by atoms with Crippen LogP contribution in [0.2, 0.25) is 0 Å².